The zero-order chi connectivity index (χ0) is 4.28. The molecule has 0 aliphatic rings. The van der Waals surface area contributed by atoms with Gasteiger partial charge in [-0.15, -0.1) is 0 Å². The van der Waals surface area contributed by atoms with E-state index >= 15 is 0 Å². The zero-order valence-corrected chi connectivity index (χ0v) is 2.22. The molecule has 0 saturated carbocycles. The fraction of sp³-hybridized carbons (Fsp3) is 0. The first-order valence-electron chi connectivity index (χ1n) is 0.862. The Balaban J connectivity index is 3.35. The van der Waals surface area contributed by atoms with E-state index in [9.17, 15) is 0 Å². The molecule has 0 rings (SSSR count). The van der Waals surface area contributed by atoms with Crippen LogP contribution in [0.5, 0.6) is 0 Å². The van der Waals surface area contributed by atoms with E-state index in [1.165, 1.54) is 0 Å². The third-order valence-corrected chi connectivity index (χ3v) is 0.0833. The molecule has 5 heavy (non-hydrogen) atoms. The number of carbonyl (C=O) groups excluding carboxylic acids is 1. The Morgan fingerprint density at radius 1 is 2.00 bits per heavy atom. The summed E-state index contributed by atoms with van der Waals surface area (Å²) < 4.78 is 8.72. The normalized spacial score (nSPS) is 5.40. The summed E-state index contributed by atoms with van der Waals surface area (Å²) in [5, 5.41) is 8.83. The number of carboxylic acid groups (broad SMARTS) is 1. The van der Waals surface area contributed by atoms with Crippen LogP contribution in [0.3, 0.4) is 0 Å². The topological polar surface area (TPSA) is 60.0 Å². The van der Waals surface area contributed by atoms with Crippen LogP contribution >= 0.6 is 0 Å². The van der Waals surface area contributed by atoms with Crippen molar-refractivity contribution in [2.45, 2.75) is 0 Å². The molecule has 0 saturated heterocycles. The summed E-state index contributed by atoms with van der Waals surface area (Å²) in [6, 6.07) is 0. The van der Waals surface area contributed by atoms with Crippen molar-refractivity contribution in [1.82, 2.24) is 0 Å². The fourth-order valence-corrected chi connectivity index (χ4v) is 0. The van der Waals surface area contributed by atoms with Crippen molar-refractivity contribution >= 4 is 5.97 Å². The first-order valence-corrected chi connectivity index (χ1v) is 0.862. The van der Waals surface area contributed by atoms with Crippen molar-refractivity contribution in [3.05, 3.63) is 0 Å². The van der Waals surface area contributed by atoms with Crippen molar-refractivity contribution < 1.29 is 14.6 Å². The van der Waals surface area contributed by atoms with Gasteiger partial charge in [0.15, 0.2) is 0 Å². The van der Waals surface area contributed by atoms with Gasteiger partial charge in [-0.3, -0.25) is 0 Å². The van der Waals surface area contributed by atoms with Crippen LogP contribution in [0.4, 0.5) is 0 Å². The average Bonchev–Trinajstić information content (AvgIpc) is 1.38. The minimum atomic E-state index is -1.80. The molecule has 0 aromatic carbocycles. The van der Waals surface area contributed by atoms with E-state index in [-0.39, 0.29) is 0 Å². The SMILES string of the molecule is O=C([O-])C#[O+]. The molecule has 0 unspecified atom stereocenters. The van der Waals surface area contributed by atoms with Gasteiger partial charge in [-0.25, -0.2) is 0 Å². The van der Waals surface area contributed by atoms with Crippen LogP contribution in [0.1, 0.15) is 0 Å². The van der Waals surface area contributed by atoms with Gasteiger partial charge in [0, 0.05) is 0 Å². The molecule has 3 heteroatoms. The number of hydrogen-bond donors (Lipinski definition) is 0. The Bertz CT molecular complexity index is 77.4. The van der Waals surface area contributed by atoms with E-state index in [0.29, 0.717) is 6.15 Å². The Kier molecular flexibility index (Phi) is 1.28. The Labute approximate surface area is 27.9 Å². The average molecular weight is 72.0 g/mol. The van der Waals surface area contributed by atoms with Crippen LogP contribution in [0.25, 0.3) is 0 Å². The molecule has 0 heterocycles. The van der Waals surface area contributed by atoms with E-state index in [4.69, 9.17) is 14.6 Å². The molecular weight excluding hydrogens is 72.0 g/mol. The summed E-state index contributed by atoms with van der Waals surface area (Å²) in [6.45, 7) is 0. The second-order valence-corrected chi connectivity index (χ2v) is 0.390. The molecule has 0 aromatic heterocycles. The molecule has 0 N–H and O–H groups in total. The molecule has 0 amide bonds. The second-order valence-electron chi connectivity index (χ2n) is 0.390. The number of carboxylic acids is 1. The third-order valence-electron chi connectivity index (χ3n) is 0.0833. The van der Waals surface area contributed by atoms with Gasteiger partial charge < -0.3 is 0 Å². The molecule has 0 aliphatic heterocycles. The standard InChI is InChI=1S/C2O3/c3-1-2(4)5. The molecule has 0 spiro atoms. The van der Waals surface area contributed by atoms with Crippen LogP contribution in [0.15, 0.2) is 0 Å². The summed E-state index contributed by atoms with van der Waals surface area (Å²) in [5.74, 6) is -1.80. The van der Waals surface area contributed by atoms with Gasteiger partial charge in [0.05, 0.1) is 0 Å². The van der Waals surface area contributed by atoms with Gasteiger partial charge in [0.25, 0.3) is 0 Å². The van der Waals surface area contributed by atoms with E-state index in [2.05, 4.69) is 0 Å². The van der Waals surface area contributed by atoms with Crippen LogP contribution in [-0.4, -0.2) is 5.97 Å². The van der Waals surface area contributed by atoms with Crippen molar-refractivity contribution in [1.29, 1.82) is 0 Å². The van der Waals surface area contributed by atoms with E-state index < -0.39 is 5.97 Å². The maximum absolute atomic E-state index is 8.83. The van der Waals surface area contributed by atoms with E-state index in [1.807, 2.05) is 0 Å². The van der Waals surface area contributed by atoms with Gasteiger partial charge in [-0.1, -0.05) is 0 Å². The first kappa shape index (κ1) is 4.21. The predicted octanol–water partition coefficient (Wildman–Crippen LogP) is -1.87. The van der Waals surface area contributed by atoms with Crippen molar-refractivity contribution in [3.63, 3.8) is 0 Å². The Morgan fingerprint density at radius 3 is 2.20 bits per heavy atom. The summed E-state index contributed by atoms with van der Waals surface area (Å²) in [4.78, 5) is 8.83. The quantitative estimate of drug-likeness (QED) is 0.314. The summed E-state index contributed by atoms with van der Waals surface area (Å²) in [7, 11) is 0. The molecule has 0 atom stereocenters. The van der Waals surface area contributed by atoms with Crippen LogP contribution < -0.4 is 5.11 Å². The Morgan fingerprint density at radius 2 is 2.20 bits per heavy atom. The molecule has 26 valence electrons. The predicted molar refractivity (Wildman–Crippen MR) is 9.58 cm³/mol. The second kappa shape index (κ2) is 1.52. The van der Waals surface area contributed by atoms with Crippen molar-refractivity contribution in [2.24, 2.45) is 0 Å². The summed E-state index contributed by atoms with van der Waals surface area (Å²) in [6.07, 6.45) is 0.583. The monoisotopic (exact) mass is 72.0 g/mol. The third kappa shape index (κ3) is 3.21. The van der Waals surface area contributed by atoms with Gasteiger partial charge >= 0.3 is 26.7 Å². The summed E-state index contributed by atoms with van der Waals surface area (Å²) >= 11 is 0. The van der Waals surface area contributed by atoms with Crippen molar-refractivity contribution in [2.75, 3.05) is 0 Å². The van der Waals surface area contributed by atoms with Crippen LogP contribution in [-0.2, 0) is 9.45 Å². The molecular formula is C2O3. The van der Waals surface area contributed by atoms with Crippen LogP contribution in [0, 0.1) is 6.15 Å². The number of rotatable bonds is 0. The minimum absolute atomic E-state index is 0.583. The molecule has 0 radical (unpaired) electrons. The van der Waals surface area contributed by atoms with Gasteiger partial charge in [0.1, 0.15) is 0 Å². The Hall–Kier alpha value is -0.790. The molecule has 3 nitrogen and oxygen atoms in total. The van der Waals surface area contributed by atoms with Gasteiger partial charge in [-0.05, 0) is 0 Å². The van der Waals surface area contributed by atoms with E-state index in [1.54, 1.807) is 0 Å². The maximum atomic E-state index is 8.83. The fourth-order valence-electron chi connectivity index (χ4n) is 0. The molecule has 0 fully saturated rings. The number of aliphatic carboxylic acids is 1. The number of carbonyl (C=O) groups is 1. The van der Waals surface area contributed by atoms with E-state index in [0.717, 1.165) is 0 Å². The van der Waals surface area contributed by atoms with Crippen molar-refractivity contribution in [3.8, 4) is 6.15 Å². The van der Waals surface area contributed by atoms with Gasteiger partial charge in [0.2, 0.25) is 0 Å². The zero-order valence-electron chi connectivity index (χ0n) is 2.22. The molecule has 0 bridgehead atoms. The number of hydrogen-bond acceptors (Lipinski definition) is 2. The first-order chi connectivity index (χ1) is 2.27. The van der Waals surface area contributed by atoms with Gasteiger partial charge in [-0.2, -0.15) is 0 Å². The molecule has 0 aromatic rings. The van der Waals surface area contributed by atoms with Crippen LogP contribution in [0.2, 0.25) is 0 Å². The molecule has 0 aliphatic carbocycles. The summed E-state index contributed by atoms with van der Waals surface area (Å²) in [5.41, 5.74) is 0.